The Hall–Kier alpha value is -3.16. The molecule has 0 unspecified atom stereocenters. The number of carbonyl (C=O) groups excluding carboxylic acids is 1. The third kappa shape index (κ3) is 5.46. The second kappa shape index (κ2) is 10.0. The highest BCUT2D eigenvalue weighted by atomic mass is 32.1. The minimum atomic E-state index is -0.893. The molecule has 0 aliphatic heterocycles. The van der Waals surface area contributed by atoms with Crippen molar-refractivity contribution in [1.82, 2.24) is 14.9 Å². The zero-order valence-electron chi connectivity index (χ0n) is 17.4. The molecule has 0 spiro atoms. The molecule has 0 saturated heterocycles. The van der Waals surface area contributed by atoms with Crippen LogP contribution in [0.5, 0.6) is 0 Å². The summed E-state index contributed by atoms with van der Waals surface area (Å²) >= 11 is 1.06. The first kappa shape index (κ1) is 23.1. The molecule has 0 aliphatic carbocycles. The minimum Gasteiger partial charge on any atom is -0.394 e. The van der Waals surface area contributed by atoms with Gasteiger partial charge in [0.2, 0.25) is 0 Å². The summed E-state index contributed by atoms with van der Waals surface area (Å²) in [7, 11) is 0. The Labute approximate surface area is 178 Å². The summed E-state index contributed by atoms with van der Waals surface area (Å²) in [4.78, 5) is 29.6. The zero-order valence-corrected chi connectivity index (χ0v) is 18.3. The van der Waals surface area contributed by atoms with Crippen molar-refractivity contribution in [2.24, 2.45) is 0 Å². The number of pyridine rings is 1. The molecule has 9 nitrogen and oxygen atoms in total. The first-order chi connectivity index (χ1) is 14.3. The molecule has 0 fully saturated rings. The Morgan fingerprint density at radius 1 is 1.43 bits per heavy atom. The van der Waals surface area contributed by atoms with Crippen molar-refractivity contribution < 1.29 is 9.90 Å². The molecule has 0 atom stereocenters. The summed E-state index contributed by atoms with van der Waals surface area (Å²) in [5.74, 6) is 0.0703. The van der Waals surface area contributed by atoms with Crippen molar-refractivity contribution in [2.45, 2.75) is 39.8 Å². The number of nitrogens with one attached hydrogen (secondary N) is 3. The second-order valence-electron chi connectivity index (χ2n) is 7.05. The maximum Gasteiger partial charge on any atom is 0.270 e. The number of carbonyl (C=O) groups is 1. The molecule has 0 saturated carbocycles. The maximum atomic E-state index is 12.8. The Balaban J connectivity index is 2.51. The van der Waals surface area contributed by atoms with Crippen LogP contribution in [0.15, 0.2) is 23.1 Å². The monoisotopic (exact) mass is 430 g/mol. The topological polar surface area (TPSA) is 132 Å². The van der Waals surface area contributed by atoms with Crippen LogP contribution in [0.1, 0.15) is 27.7 Å². The first-order valence-corrected chi connectivity index (χ1v) is 10.3. The van der Waals surface area contributed by atoms with E-state index < -0.39 is 11.4 Å². The highest BCUT2D eigenvalue weighted by Gasteiger charge is 2.23. The van der Waals surface area contributed by atoms with Crippen molar-refractivity contribution in [2.75, 3.05) is 23.8 Å². The van der Waals surface area contributed by atoms with Crippen molar-refractivity contribution in [3.63, 3.8) is 0 Å². The van der Waals surface area contributed by atoms with Gasteiger partial charge in [-0.3, -0.25) is 14.2 Å². The van der Waals surface area contributed by atoms with Gasteiger partial charge in [0.05, 0.1) is 12.1 Å². The fraction of sp³-hybridized carbons (Fsp3) is 0.400. The zero-order chi connectivity index (χ0) is 22.3. The lowest BCUT2D eigenvalue weighted by atomic mass is 10.1. The van der Waals surface area contributed by atoms with Gasteiger partial charge in [-0.1, -0.05) is 0 Å². The Bertz CT molecular complexity index is 1130. The van der Waals surface area contributed by atoms with Crippen molar-refractivity contribution in [3.8, 4) is 6.07 Å². The molecule has 10 heteroatoms. The van der Waals surface area contributed by atoms with E-state index in [2.05, 4.69) is 20.9 Å². The van der Waals surface area contributed by atoms with Crippen LogP contribution in [0.4, 0.5) is 11.5 Å². The highest BCUT2D eigenvalue weighted by molar-refractivity contribution is 7.07. The summed E-state index contributed by atoms with van der Waals surface area (Å²) in [5, 5.41) is 27.7. The van der Waals surface area contributed by atoms with Gasteiger partial charge in [-0.2, -0.15) is 5.26 Å². The van der Waals surface area contributed by atoms with Gasteiger partial charge >= 0.3 is 0 Å². The summed E-state index contributed by atoms with van der Waals surface area (Å²) in [6, 6.07) is 5.47. The number of hydrogen-bond acceptors (Lipinski definition) is 8. The van der Waals surface area contributed by atoms with Crippen molar-refractivity contribution >= 4 is 40.5 Å². The van der Waals surface area contributed by atoms with Gasteiger partial charge in [-0.15, -0.1) is 11.3 Å². The van der Waals surface area contributed by atoms with E-state index in [1.165, 1.54) is 4.57 Å². The fourth-order valence-corrected chi connectivity index (χ4v) is 3.63. The van der Waals surface area contributed by atoms with Gasteiger partial charge in [0, 0.05) is 37.2 Å². The van der Waals surface area contributed by atoms with Gasteiger partial charge in [0.1, 0.15) is 21.1 Å². The number of aliphatic hydroxyl groups excluding tert-OH is 1. The molecule has 2 heterocycles. The average Bonchev–Trinajstić information content (AvgIpc) is 3.02. The van der Waals surface area contributed by atoms with Crippen LogP contribution in [-0.4, -0.2) is 39.3 Å². The number of anilines is 2. The van der Waals surface area contributed by atoms with Crippen LogP contribution in [0.3, 0.4) is 0 Å². The van der Waals surface area contributed by atoms with Crippen LogP contribution in [0, 0.1) is 11.3 Å². The molecule has 30 heavy (non-hydrogen) atoms. The van der Waals surface area contributed by atoms with Gasteiger partial charge in [-0.25, -0.2) is 4.98 Å². The smallest absolute Gasteiger partial charge is 0.270 e. The van der Waals surface area contributed by atoms with Crippen LogP contribution in [-0.2, 0) is 11.3 Å². The summed E-state index contributed by atoms with van der Waals surface area (Å²) < 4.78 is 2.02. The number of amides is 1. The van der Waals surface area contributed by atoms with Crippen molar-refractivity contribution in [1.29, 1.82) is 5.26 Å². The van der Waals surface area contributed by atoms with E-state index >= 15 is 0 Å². The molecule has 2 rings (SSSR count). The molecule has 0 radical (unpaired) electrons. The molecule has 0 aromatic carbocycles. The molecule has 160 valence electrons. The molecule has 4 N–H and O–H groups in total. The molecule has 0 aliphatic rings. The lowest BCUT2D eigenvalue weighted by Crippen LogP contribution is -2.47. The number of hydrogen-bond donors (Lipinski definition) is 4. The standard InChI is InChI=1S/C20H26N6O3S/c1-5-22-16-9-13(7-8-23-16)24-11-15-18(29)26(6-2)19(30-15)14(10-21)17(28)25-20(3,4)12-27/h7-9,11,27H,5-6,12H2,1-4H3,(H,25,28)(H2,22,23,24)/b15-11?,19-14-. The SMILES string of the molecule is CCNc1cc(NC=c2s/c(=C(/C#N)C(=O)NC(C)(C)CO)n(CC)c2=O)ccn1. The Morgan fingerprint density at radius 3 is 2.77 bits per heavy atom. The predicted molar refractivity (Wildman–Crippen MR) is 118 cm³/mol. The van der Waals surface area contributed by atoms with Crippen LogP contribution < -0.4 is 30.7 Å². The normalized spacial score (nSPS) is 12.9. The largest absolute Gasteiger partial charge is 0.394 e. The van der Waals surface area contributed by atoms with Crippen molar-refractivity contribution in [3.05, 3.63) is 37.9 Å². The van der Waals surface area contributed by atoms with E-state index in [1.807, 2.05) is 19.1 Å². The van der Waals surface area contributed by atoms with E-state index in [-0.39, 0.29) is 22.4 Å². The molecule has 2 aromatic rings. The van der Waals surface area contributed by atoms with Gasteiger partial charge in [0.25, 0.3) is 11.5 Å². The highest BCUT2D eigenvalue weighted by Crippen LogP contribution is 2.11. The third-order valence-electron chi connectivity index (χ3n) is 4.11. The summed E-state index contributed by atoms with van der Waals surface area (Å²) in [6.45, 7) is 7.77. The van der Waals surface area contributed by atoms with E-state index in [1.54, 1.807) is 39.2 Å². The quantitative estimate of drug-likeness (QED) is 0.469. The van der Waals surface area contributed by atoms with Gasteiger partial charge in [-0.05, 0) is 33.8 Å². The lowest BCUT2D eigenvalue weighted by molar-refractivity contribution is -0.117. The fourth-order valence-electron chi connectivity index (χ4n) is 2.54. The van der Waals surface area contributed by atoms with E-state index in [0.29, 0.717) is 16.9 Å². The Kier molecular flexibility index (Phi) is 7.74. The number of aromatic nitrogens is 2. The van der Waals surface area contributed by atoms with Gasteiger partial charge in [0.15, 0.2) is 5.57 Å². The van der Waals surface area contributed by atoms with Crippen LogP contribution >= 0.6 is 11.3 Å². The Morgan fingerprint density at radius 2 is 2.17 bits per heavy atom. The predicted octanol–water partition coefficient (Wildman–Crippen LogP) is 0.168. The average molecular weight is 431 g/mol. The van der Waals surface area contributed by atoms with Crippen LogP contribution in [0.2, 0.25) is 0 Å². The second-order valence-corrected chi connectivity index (χ2v) is 8.08. The number of thiazole rings is 1. The number of rotatable bonds is 8. The number of nitriles is 1. The maximum absolute atomic E-state index is 12.8. The number of aliphatic hydroxyl groups is 1. The molecule has 1 amide bonds. The third-order valence-corrected chi connectivity index (χ3v) is 5.24. The van der Waals surface area contributed by atoms with E-state index in [9.17, 15) is 20.0 Å². The lowest BCUT2D eigenvalue weighted by Gasteiger charge is -2.22. The summed E-state index contributed by atoms with van der Waals surface area (Å²) in [5.41, 5.74) is -0.618. The summed E-state index contributed by atoms with van der Waals surface area (Å²) in [6.07, 6.45) is 3.20. The molecular formula is C20H26N6O3S. The minimum absolute atomic E-state index is 0.168. The molecular weight excluding hydrogens is 404 g/mol. The molecule has 0 bridgehead atoms. The van der Waals surface area contributed by atoms with E-state index in [4.69, 9.17) is 0 Å². The molecule has 2 aromatic heterocycles. The van der Waals surface area contributed by atoms with Crippen LogP contribution in [0.25, 0.3) is 11.8 Å². The first-order valence-electron chi connectivity index (χ1n) is 9.50. The number of nitrogens with zero attached hydrogens (tertiary/aromatic N) is 3. The van der Waals surface area contributed by atoms with Gasteiger partial charge < -0.3 is 21.1 Å². The van der Waals surface area contributed by atoms with E-state index in [0.717, 1.165) is 23.6 Å².